The second kappa shape index (κ2) is 7.32. The van der Waals surface area contributed by atoms with E-state index in [1.165, 1.54) is 0 Å². The molecule has 3 heterocycles. The highest BCUT2D eigenvalue weighted by molar-refractivity contribution is 5.42. The summed E-state index contributed by atoms with van der Waals surface area (Å²) in [6.07, 6.45) is 3.20. The molecule has 31 heavy (non-hydrogen) atoms. The van der Waals surface area contributed by atoms with Crippen molar-refractivity contribution in [3.63, 3.8) is 0 Å². The van der Waals surface area contributed by atoms with Crippen molar-refractivity contribution < 1.29 is 29.9 Å². The fourth-order valence-electron chi connectivity index (χ4n) is 4.81. The molecule has 0 saturated carbocycles. The molecule has 0 spiro atoms. The average Bonchev–Trinajstić information content (AvgIpc) is 2.78. The lowest BCUT2D eigenvalue weighted by atomic mass is 9.67. The van der Waals surface area contributed by atoms with Crippen LogP contribution in [0.15, 0.2) is 73.1 Å². The van der Waals surface area contributed by atoms with E-state index < -0.39 is 29.3 Å². The standard InChI is InChI=1S/C24H23NO6/c26-23(27)16-7-1-3-9-20(16)30-13-18(23)22(15-6-5-11-25-12-15)19-14-31-21-10-4-2-8-17(21)24(19,28)29/h1-12,18-19,22,26-29H,13-14H2. The van der Waals surface area contributed by atoms with Crippen molar-refractivity contribution in [3.8, 4) is 11.5 Å². The number of hydrogen-bond donors (Lipinski definition) is 4. The molecule has 0 bridgehead atoms. The van der Waals surface area contributed by atoms with Gasteiger partial charge in [-0.1, -0.05) is 30.3 Å². The molecule has 5 rings (SSSR count). The summed E-state index contributed by atoms with van der Waals surface area (Å²) < 4.78 is 11.7. The van der Waals surface area contributed by atoms with Crippen LogP contribution >= 0.6 is 0 Å². The maximum absolute atomic E-state index is 11.3. The van der Waals surface area contributed by atoms with Gasteiger partial charge in [0.05, 0.1) is 36.2 Å². The highest BCUT2D eigenvalue weighted by Crippen LogP contribution is 2.52. The minimum absolute atomic E-state index is 0.0300. The third-order valence-corrected chi connectivity index (χ3v) is 6.37. The van der Waals surface area contributed by atoms with Crippen LogP contribution in [-0.2, 0) is 11.6 Å². The molecule has 0 aliphatic carbocycles. The third-order valence-electron chi connectivity index (χ3n) is 6.37. The lowest BCUT2D eigenvalue weighted by Crippen LogP contribution is -2.53. The quantitative estimate of drug-likeness (QED) is 0.478. The molecule has 2 aliphatic heterocycles. The Hall–Kier alpha value is -2.97. The van der Waals surface area contributed by atoms with Gasteiger partial charge in [0.15, 0.2) is 11.6 Å². The number of benzene rings is 2. The highest BCUT2D eigenvalue weighted by Gasteiger charge is 2.55. The Morgan fingerprint density at radius 3 is 1.74 bits per heavy atom. The summed E-state index contributed by atoms with van der Waals surface area (Å²) in [6.45, 7) is -0.0599. The highest BCUT2D eigenvalue weighted by atomic mass is 16.5. The number of fused-ring (bicyclic) bond motifs is 2. The minimum atomic E-state index is -2.26. The van der Waals surface area contributed by atoms with Crippen LogP contribution in [-0.4, -0.2) is 38.6 Å². The second-order valence-electron chi connectivity index (χ2n) is 8.09. The van der Waals surface area contributed by atoms with Crippen molar-refractivity contribution in [1.82, 2.24) is 4.98 Å². The normalized spacial score (nSPS) is 24.1. The molecule has 7 heteroatoms. The lowest BCUT2D eigenvalue weighted by Gasteiger charge is -2.47. The van der Waals surface area contributed by atoms with E-state index in [-0.39, 0.29) is 24.3 Å². The molecular weight excluding hydrogens is 398 g/mol. The summed E-state index contributed by atoms with van der Waals surface area (Å²) in [4.78, 5) is 4.17. The summed E-state index contributed by atoms with van der Waals surface area (Å²) in [5, 5.41) is 45.1. The van der Waals surface area contributed by atoms with E-state index in [2.05, 4.69) is 4.98 Å². The average molecular weight is 421 g/mol. The van der Waals surface area contributed by atoms with Crippen LogP contribution in [0.4, 0.5) is 0 Å². The molecule has 0 fully saturated rings. The number of hydrogen-bond acceptors (Lipinski definition) is 7. The molecule has 2 atom stereocenters. The molecule has 3 aromatic rings. The number of rotatable bonds is 3. The van der Waals surface area contributed by atoms with Crippen LogP contribution in [0, 0.1) is 11.8 Å². The molecule has 4 N–H and O–H groups in total. The van der Waals surface area contributed by atoms with Crippen molar-refractivity contribution in [2.24, 2.45) is 11.8 Å². The van der Waals surface area contributed by atoms with E-state index in [0.717, 1.165) is 0 Å². The first-order valence-electron chi connectivity index (χ1n) is 10.1. The third kappa shape index (κ3) is 3.18. The minimum Gasteiger partial charge on any atom is -0.493 e. The first-order valence-corrected chi connectivity index (χ1v) is 10.1. The Balaban J connectivity index is 1.63. The van der Waals surface area contributed by atoms with Crippen LogP contribution in [0.5, 0.6) is 11.5 Å². The van der Waals surface area contributed by atoms with E-state index in [4.69, 9.17) is 9.47 Å². The summed E-state index contributed by atoms with van der Waals surface area (Å²) in [6, 6.07) is 17.0. The number of nitrogens with zero attached hydrogens (tertiary/aromatic N) is 1. The Kier molecular flexibility index (Phi) is 4.71. The summed E-state index contributed by atoms with van der Waals surface area (Å²) >= 11 is 0. The number of ether oxygens (including phenoxy) is 2. The van der Waals surface area contributed by atoms with Crippen molar-refractivity contribution >= 4 is 0 Å². The smallest absolute Gasteiger partial charge is 0.200 e. The fourth-order valence-corrected chi connectivity index (χ4v) is 4.81. The number of para-hydroxylation sites is 2. The Bertz CT molecular complexity index is 1020. The zero-order chi connectivity index (χ0) is 21.6. The van der Waals surface area contributed by atoms with Gasteiger partial charge in [-0.05, 0) is 35.9 Å². The predicted octanol–water partition coefficient (Wildman–Crippen LogP) is 1.86. The van der Waals surface area contributed by atoms with Gasteiger partial charge >= 0.3 is 0 Å². The molecule has 2 unspecified atom stereocenters. The fraction of sp³-hybridized carbons (Fsp3) is 0.292. The van der Waals surface area contributed by atoms with Gasteiger partial charge in [0.1, 0.15) is 11.5 Å². The van der Waals surface area contributed by atoms with Crippen LogP contribution in [0.25, 0.3) is 0 Å². The largest absolute Gasteiger partial charge is 0.493 e. The molecule has 2 aromatic carbocycles. The van der Waals surface area contributed by atoms with Gasteiger partial charge in [0, 0.05) is 18.3 Å². The van der Waals surface area contributed by atoms with Gasteiger partial charge in [0.2, 0.25) is 0 Å². The van der Waals surface area contributed by atoms with Crippen LogP contribution in [0.2, 0.25) is 0 Å². The Morgan fingerprint density at radius 1 is 0.742 bits per heavy atom. The molecule has 0 radical (unpaired) electrons. The summed E-state index contributed by atoms with van der Waals surface area (Å²) in [7, 11) is 0. The molecule has 1 aromatic heterocycles. The van der Waals surface area contributed by atoms with Gasteiger partial charge in [0.25, 0.3) is 0 Å². The molecule has 160 valence electrons. The lowest BCUT2D eigenvalue weighted by molar-refractivity contribution is -0.267. The van der Waals surface area contributed by atoms with Crippen LogP contribution < -0.4 is 9.47 Å². The van der Waals surface area contributed by atoms with Gasteiger partial charge in [-0.2, -0.15) is 0 Å². The van der Waals surface area contributed by atoms with E-state index >= 15 is 0 Å². The van der Waals surface area contributed by atoms with Gasteiger partial charge in [-0.15, -0.1) is 0 Å². The van der Waals surface area contributed by atoms with Crippen molar-refractivity contribution in [2.75, 3.05) is 13.2 Å². The van der Waals surface area contributed by atoms with Crippen LogP contribution in [0.1, 0.15) is 22.6 Å². The van der Waals surface area contributed by atoms with E-state index in [1.807, 2.05) is 0 Å². The molecule has 0 saturated heterocycles. The maximum atomic E-state index is 11.3. The van der Waals surface area contributed by atoms with Crippen molar-refractivity contribution in [1.29, 1.82) is 0 Å². The maximum Gasteiger partial charge on any atom is 0.200 e. The first-order chi connectivity index (χ1) is 14.9. The Labute approximate surface area is 179 Å². The van der Waals surface area contributed by atoms with Crippen molar-refractivity contribution in [2.45, 2.75) is 17.5 Å². The van der Waals surface area contributed by atoms with Gasteiger partial charge < -0.3 is 29.9 Å². The van der Waals surface area contributed by atoms with Gasteiger partial charge in [-0.25, -0.2) is 0 Å². The SMILES string of the molecule is OC1(O)c2ccccc2OCC1C(c1cccnc1)C1COc2ccccc2C1(O)O. The van der Waals surface area contributed by atoms with Gasteiger partial charge in [-0.3, -0.25) is 4.98 Å². The topological polar surface area (TPSA) is 112 Å². The summed E-state index contributed by atoms with van der Waals surface area (Å²) in [5.74, 6) is -6.32. The molecular formula is C24H23NO6. The number of pyridine rings is 1. The van der Waals surface area contributed by atoms with E-state index in [9.17, 15) is 20.4 Å². The summed E-state index contributed by atoms with van der Waals surface area (Å²) in [5.41, 5.74) is 1.10. The predicted molar refractivity (Wildman–Crippen MR) is 110 cm³/mol. The van der Waals surface area contributed by atoms with E-state index in [1.54, 1.807) is 73.1 Å². The van der Waals surface area contributed by atoms with E-state index in [0.29, 0.717) is 17.1 Å². The molecule has 0 amide bonds. The van der Waals surface area contributed by atoms with Crippen molar-refractivity contribution in [3.05, 3.63) is 89.7 Å². The first kappa shape index (κ1) is 20.0. The molecule has 7 nitrogen and oxygen atoms in total. The number of aliphatic hydroxyl groups is 4. The number of aromatic nitrogens is 1. The second-order valence-corrected chi connectivity index (χ2v) is 8.09. The monoisotopic (exact) mass is 421 g/mol. The van der Waals surface area contributed by atoms with Crippen LogP contribution in [0.3, 0.4) is 0 Å². The Morgan fingerprint density at radius 2 is 1.26 bits per heavy atom. The molecule has 2 aliphatic rings. The zero-order valence-corrected chi connectivity index (χ0v) is 16.6. The zero-order valence-electron chi connectivity index (χ0n) is 16.6.